The number of aromatic amines is 1. The van der Waals surface area contributed by atoms with E-state index in [0.29, 0.717) is 0 Å². The van der Waals surface area contributed by atoms with Gasteiger partial charge in [0.1, 0.15) is 0 Å². The van der Waals surface area contributed by atoms with Gasteiger partial charge in [-0.2, -0.15) is 0 Å². The van der Waals surface area contributed by atoms with Gasteiger partial charge in [0.25, 0.3) is 0 Å². The van der Waals surface area contributed by atoms with Gasteiger partial charge in [-0.25, -0.2) is 0 Å². The first-order valence-electron chi connectivity index (χ1n) is 5.74. The summed E-state index contributed by atoms with van der Waals surface area (Å²) in [5.74, 6) is 0. The van der Waals surface area contributed by atoms with Crippen LogP contribution in [0.25, 0.3) is 0 Å². The van der Waals surface area contributed by atoms with Crippen molar-refractivity contribution in [3.8, 4) is 0 Å². The molecular formula is C12H22NP. The van der Waals surface area contributed by atoms with Crippen LogP contribution < -0.4 is 5.44 Å². The first-order valence-corrected chi connectivity index (χ1v) is 6.31. The Balaban J connectivity index is 2.62. The van der Waals surface area contributed by atoms with E-state index in [1.807, 2.05) is 0 Å². The average molecular weight is 211 g/mol. The van der Waals surface area contributed by atoms with Crippen molar-refractivity contribution in [3.63, 3.8) is 0 Å². The van der Waals surface area contributed by atoms with E-state index in [9.17, 15) is 0 Å². The van der Waals surface area contributed by atoms with Crippen molar-refractivity contribution in [2.24, 2.45) is 0 Å². The smallest absolute Gasteiger partial charge is 0.0356 e. The minimum atomic E-state index is 1.23. The van der Waals surface area contributed by atoms with Crippen molar-refractivity contribution < 1.29 is 0 Å². The van der Waals surface area contributed by atoms with Gasteiger partial charge in [-0.15, -0.1) is 0 Å². The molecule has 80 valence electrons. The van der Waals surface area contributed by atoms with E-state index in [1.54, 1.807) is 5.56 Å². The number of rotatable bonds is 6. The normalized spacial score (nSPS) is 10.8. The molecule has 0 aliphatic heterocycles. The van der Waals surface area contributed by atoms with Crippen molar-refractivity contribution in [2.75, 3.05) is 0 Å². The molecule has 0 radical (unpaired) electrons. The first-order chi connectivity index (χ1) is 6.79. The van der Waals surface area contributed by atoms with Crippen LogP contribution in [0.5, 0.6) is 0 Å². The van der Waals surface area contributed by atoms with Gasteiger partial charge in [0.2, 0.25) is 0 Å². The summed E-state index contributed by atoms with van der Waals surface area (Å²) in [6.07, 6.45) is 9.83. The number of unbranched alkanes of at least 4 members (excludes halogenated alkanes) is 2. The number of aromatic nitrogens is 1. The van der Waals surface area contributed by atoms with Gasteiger partial charge in [-0.05, 0) is 36.8 Å². The second-order valence-corrected chi connectivity index (χ2v) is 4.49. The summed E-state index contributed by atoms with van der Waals surface area (Å²) in [6.45, 7) is 4.50. The third kappa shape index (κ3) is 3.13. The molecule has 0 spiro atoms. The highest BCUT2D eigenvalue weighted by Crippen LogP contribution is 2.14. The lowest BCUT2D eigenvalue weighted by atomic mass is 10.0. The Hall–Kier alpha value is -0.290. The third-order valence-corrected chi connectivity index (χ3v) is 3.21. The molecule has 1 atom stereocenters. The lowest BCUT2D eigenvalue weighted by Crippen LogP contribution is -2.01. The Morgan fingerprint density at radius 3 is 2.43 bits per heavy atom. The zero-order valence-electron chi connectivity index (χ0n) is 9.40. The second kappa shape index (κ2) is 6.24. The summed E-state index contributed by atoms with van der Waals surface area (Å²) in [5, 5.41) is 0. The first kappa shape index (κ1) is 11.8. The molecule has 1 nitrogen and oxygen atoms in total. The summed E-state index contributed by atoms with van der Waals surface area (Å²) in [7, 11) is 2.81. The lowest BCUT2D eigenvalue weighted by Gasteiger charge is -2.03. The molecule has 2 heteroatoms. The van der Waals surface area contributed by atoms with Crippen LogP contribution in [0.2, 0.25) is 0 Å². The zero-order chi connectivity index (χ0) is 10.4. The molecule has 1 aromatic heterocycles. The van der Waals surface area contributed by atoms with Crippen LogP contribution >= 0.6 is 9.24 Å². The molecule has 0 aromatic carbocycles. The number of H-pyrrole nitrogens is 1. The number of aryl methyl sites for hydroxylation is 1. The van der Waals surface area contributed by atoms with Crippen LogP contribution in [0.3, 0.4) is 0 Å². The minimum Gasteiger partial charge on any atom is -0.361 e. The van der Waals surface area contributed by atoms with Crippen LogP contribution in [-0.2, 0) is 12.8 Å². The number of hydrogen-bond donors (Lipinski definition) is 1. The average Bonchev–Trinajstić information content (AvgIpc) is 2.53. The van der Waals surface area contributed by atoms with Gasteiger partial charge in [-0.1, -0.05) is 35.9 Å². The molecule has 0 aliphatic rings. The van der Waals surface area contributed by atoms with Gasteiger partial charge in [0.15, 0.2) is 0 Å². The van der Waals surface area contributed by atoms with Crippen molar-refractivity contribution in [2.45, 2.75) is 52.4 Å². The number of hydrogen-bond acceptors (Lipinski definition) is 0. The Morgan fingerprint density at radius 2 is 1.79 bits per heavy atom. The highest BCUT2D eigenvalue weighted by Gasteiger charge is 2.06. The maximum atomic E-state index is 3.32. The Morgan fingerprint density at radius 1 is 1.14 bits per heavy atom. The van der Waals surface area contributed by atoms with E-state index in [4.69, 9.17) is 0 Å². The maximum absolute atomic E-state index is 3.32. The lowest BCUT2D eigenvalue weighted by molar-refractivity contribution is 0.764. The molecule has 1 aromatic rings. The predicted octanol–water partition coefficient (Wildman–Crippen LogP) is 3.20. The highest BCUT2D eigenvalue weighted by molar-refractivity contribution is 7.27. The van der Waals surface area contributed by atoms with E-state index in [-0.39, 0.29) is 0 Å². The van der Waals surface area contributed by atoms with E-state index < -0.39 is 0 Å². The van der Waals surface area contributed by atoms with E-state index in [0.717, 1.165) is 0 Å². The fourth-order valence-corrected chi connectivity index (χ4v) is 2.16. The van der Waals surface area contributed by atoms with Crippen LogP contribution in [0.1, 0.15) is 50.7 Å². The standard InChI is InChI=1S/C12H22NP/c1-3-5-7-10-9-13-12(14)11(10)8-6-4-2/h9,13H,3-8,14H2,1-2H3. The van der Waals surface area contributed by atoms with Gasteiger partial charge in [-0.3, -0.25) is 0 Å². The largest absolute Gasteiger partial charge is 0.361 e. The molecule has 1 heterocycles. The SMILES string of the molecule is CCCCc1c[nH]c(P)c1CCCC. The molecule has 0 saturated carbocycles. The Bertz CT molecular complexity index is 265. The molecule has 14 heavy (non-hydrogen) atoms. The van der Waals surface area contributed by atoms with Crippen LogP contribution in [0.15, 0.2) is 6.20 Å². The zero-order valence-corrected chi connectivity index (χ0v) is 10.6. The summed E-state index contributed by atoms with van der Waals surface area (Å²) in [6, 6.07) is 0. The molecule has 1 N–H and O–H groups in total. The molecule has 0 saturated heterocycles. The fraction of sp³-hybridized carbons (Fsp3) is 0.667. The van der Waals surface area contributed by atoms with Gasteiger partial charge in [0.05, 0.1) is 0 Å². The topological polar surface area (TPSA) is 15.8 Å². The summed E-state index contributed by atoms with van der Waals surface area (Å²) in [5.41, 5.74) is 4.38. The van der Waals surface area contributed by atoms with Crippen molar-refractivity contribution in [1.82, 2.24) is 4.98 Å². The third-order valence-electron chi connectivity index (χ3n) is 2.69. The fourth-order valence-electron chi connectivity index (χ4n) is 1.75. The Kier molecular flexibility index (Phi) is 5.25. The van der Waals surface area contributed by atoms with Crippen molar-refractivity contribution >= 4 is 14.7 Å². The van der Waals surface area contributed by atoms with Crippen LogP contribution in [0, 0.1) is 0 Å². The molecule has 1 unspecified atom stereocenters. The molecular weight excluding hydrogens is 189 g/mol. The Labute approximate surface area is 89.9 Å². The van der Waals surface area contributed by atoms with Gasteiger partial charge in [0, 0.05) is 11.6 Å². The quantitative estimate of drug-likeness (QED) is 0.695. The van der Waals surface area contributed by atoms with Crippen LogP contribution in [0.4, 0.5) is 0 Å². The van der Waals surface area contributed by atoms with Gasteiger partial charge < -0.3 is 4.98 Å². The van der Waals surface area contributed by atoms with E-state index >= 15 is 0 Å². The van der Waals surface area contributed by atoms with E-state index in [2.05, 4.69) is 34.3 Å². The molecule has 0 fully saturated rings. The van der Waals surface area contributed by atoms with E-state index in [1.165, 1.54) is 49.5 Å². The van der Waals surface area contributed by atoms with Crippen LogP contribution in [-0.4, -0.2) is 4.98 Å². The molecule has 0 bridgehead atoms. The molecule has 1 rings (SSSR count). The van der Waals surface area contributed by atoms with Gasteiger partial charge >= 0.3 is 0 Å². The molecule has 0 amide bonds. The monoisotopic (exact) mass is 211 g/mol. The summed E-state index contributed by atoms with van der Waals surface area (Å²) >= 11 is 0. The summed E-state index contributed by atoms with van der Waals surface area (Å²) in [4.78, 5) is 3.32. The minimum absolute atomic E-state index is 1.23. The van der Waals surface area contributed by atoms with Crippen molar-refractivity contribution in [1.29, 1.82) is 0 Å². The maximum Gasteiger partial charge on any atom is 0.0356 e. The number of nitrogens with one attached hydrogen (secondary N) is 1. The molecule has 0 aliphatic carbocycles. The summed E-state index contributed by atoms with van der Waals surface area (Å²) < 4.78 is 0. The highest BCUT2D eigenvalue weighted by atomic mass is 31.0. The van der Waals surface area contributed by atoms with Crippen molar-refractivity contribution in [3.05, 3.63) is 17.3 Å². The second-order valence-electron chi connectivity index (χ2n) is 3.91. The predicted molar refractivity (Wildman–Crippen MR) is 67.4 cm³/mol.